The normalized spacial score (nSPS) is 19.0. The molecule has 0 aliphatic carbocycles. The summed E-state index contributed by atoms with van der Waals surface area (Å²) >= 11 is 0. The molecule has 5 heteroatoms. The minimum Gasteiger partial charge on any atom is -0.480 e. The molecule has 3 rings (SSSR count). The Morgan fingerprint density at radius 3 is 2.95 bits per heavy atom. The Hall–Kier alpha value is -2.17. The molecule has 0 amide bonds. The SMILES string of the molecule is O=C(O)[C@H]1CCCN1c1ccc2ccc(F)cc2n1. The number of hydrogen-bond acceptors (Lipinski definition) is 3. The molecule has 19 heavy (non-hydrogen) atoms. The van der Waals surface area contributed by atoms with Crippen LogP contribution in [0.25, 0.3) is 10.9 Å². The van der Waals surface area contributed by atoms with E-state index < -0.39 is 12.0 Å². The molecule has 1 aliphatic rings. The van der Waals surface area contributed by atoms with E-state index in [0.717, 1.165) is 11.8 Å². The average Bonchev–Trinajstić information content (AvgIpc) is 2.87. The molecule has 98 valence electrons. The first-order valence-electron chi connectivity index (χ1n) is 6.21. The van der Waals surface area contributed by atoms with E-state index in [1.165, 1.54) is 12.1 Å². The number of aromatic nitrogens is 1. The van der Waals surface area contributed by atoms with E-state index in [2.05, 4.69) is 4.98 Å². The maximum Gasteiger partial charge on any atom is 0.326 e. The van der Waals surface area contributed by atoms with Gasteiger partial charge < -0.3 is 10.0 Å². The van der Waals surface area contributed by atoms with Crippen molar-refractivity contribution in [3.63, 3.8) is 0 Å². The number of benzene rings is 1. The lowest BCUT2D eigenvalue weighted by Gasteiger charge is -2.22. The second kappa shape index (κ2) is 4.50. The number of anilines is 1. The van der Waals surface area contributed by atoms with Gasteiger partial charge in [-0.2, -0.15) is 0 Å². The molecule has 1 aromatic carbocycles. The lowest BCUT2D eigenvalue weighted by molar-refractivity contribution is -0.138. The fourth-order valence-corrected chi connectivity index (χ4v) is 2.54. The van der Waals surface area contributed by atoms with Gasteiger partial charge in [-0.3, -0.25) is 0 Å². The van der Waals surface area contributed by atoms with Gasteiger partial charge in [-0.15, -0.1) is 0 Å². The van der Waals surface area contributed by atoms with Gasteiger partial charge in [0.2, 0.25) is 0 Å². The maximum atomic E-state index is 13.2. The highest BCUT2D eigenvalue weighted by Crippen LogP contribution is 2.26. The molecule has 0 bridgehead atoms. The average molecular weight is 260 g/mol. The number of nitrogens with zero attached hydrogens (tertiary/aromatic N) is 2. The van der Waals surface area contributed by atoms with Crippen molar-refractivity contribution in [1.82, 2.24) is 4.98 Å². The van der Waals surface area contributed by atoms with Gasteiger partial charge in [0.05, 0.1) is 5.52 Å². The van der Waals surface area contributed by atoms with Gasteiger partial charge in [-0.25, -0.2) is 14.2 Å². The number of carboxylic acids is 1. The molecule has 1 atom stereocenters. The van der Waals surface area contributed by atoms with Crippen molar-refractivity contribution < 1.29 is 14.3 Å². The summed E-state index contributed by atoms with van der Waals surface area (Å²) in [5, 5.41) is 10.0. The van der Waals surface area contributed by atoms with Crippen LogP contribution in [-0.4, -0.2) is 28.6 Å². The molecule has 4 nitrogen and oxygen atoms in total. The summed E-state index contributed by atoms with van der Waals surface area (Å²) in [6.07, 6.45) is 1.46. The first kappa shape index (κ1) is 11.9. The molecule has 1 N–H and O–H groups in total. The third kappa shape index (κ3) is 2.12. The first-order valence-corrected chi connectivity index (χ1v) is 6.21. The van der Waals surface area contributed by atoms with Crippen LogP contribution in [0.4, 0.5) is 10.2 Å². The van der Waals surface area contributed by atoms with E-state index in [9.17, 15) is 14.3 Å². The molecule has 0 saturated carbocycles. The second-order valence-corrected chi connectivity index (χ2v) is 4.70. The van der Waals surface area contributed by atoms with Crippen molar-refractivity contribution in [2.45, 2.75) is 18.9 Å². The number of carboxylic acid groups (broad SMARTS) is 1. The predicted octanol–water partition coefficient (Wildman–Crippen LogP) is 2.43. The minimum atomic E-state index is -0.835. The van der Waals surface area contributed by atoms with Crippen LogP contribution in [0, 0.1) is 5.82 Å². The van der Waals surface area contributed by atoms with E-state index in [4.69, 9.17) is 0 Å². The maximum absolute atomic E-state index is 13.2. The summed E-state index contributed by atoms with van der Waals surface area (Å²) in [4.78, 5) is 17.3. The van der Waals surface area contributed by atoms with Crippen LogP contribution in [0.2, 0.25) is 0 Å². The molecular weight excluding hydrogens is 247 g/mol. The molecule has 1 fully saturated rings. The van der Waals surface area contributed by atoms with Gasteiger partial charge in [0.15, 0.2) is 0 Å². The van der Waals surface area contributed by atoms with E-state index in [1.807, 2.05) is 6.07 Å². The fourth-order valence-electron chi connectivity index (χ4n) is 2.54. The van der Waals surface area contributed by atoms with E-state index in [1.54, 1.807) is 17.0 Å². The van der Waals surface area contributed by atoms with Gasteiger partial charge >= 0.3 is 5.97 Å². The van der Waals surface area contributed by atoms with Crippen LogP contribution in [0.15, 0.2) is 30.3 Å². The molecule has 2 aromatic rings. The lowest BCUT2D eigenvalue weighted by Crippen LogP contribution is -2.36. The number of carbonyl (C=O) groups is 1. The summed E-state index contributed by atoms with van der Waals surface area (Å²) in [7, 11) is 0. The Kier molecular flexibility index (Phi) is 2.81. The number of hydrogen-bond donors (Lipinski definition) is 1. The van der Waals surface area contributed by atoms with Crippen LogP contribution < -0.4 is 4.90 Å². The third-order valence-corrected chi connectivity index (χ3v) is 3.47. The zero-order chi connectivity index (χ0) is 13.4. The Morgan fingerprint density at radius 1 is 1.37 bits per heavy atom. The second-order valence-electron chi connectivity index (χ2n) is 4.70. The molecule has 2 heterocycles. The predicted molar refractivity (Wildman–Crippen MR) is 69.7 cm³/mol. The van der Waals surface area contributed by atoms with Crippen LogP contribution in [0.3, 0.4) is 0 Å². The lowest BCUT2D eigenvalue weighted by atomic mass is 10.2. The number of aliphatic carboxylic acids is 1. The van der Waals surface area contributed by atoms with Gasteiger partial charge in [0, 0.05) is 18.0 Å². The first-order chi connectivity index (χ1) is 9.15. The molecule has 1 aromatic heterocycles. The highest BCUT2D eigenvalue weighted by molar-refractivity contribution is 5.82. The van der Waals surface area contributed by atoms with E-state index >= 15 is 0 Å². The number of rotatable bonds is 2. The highest BCUT2D eigenvalue weighted by atomic mass is 19.1. The van der Waals surface area contributed by atoms with Gasteiger partial charge in [-0.1, -0.05) is 0 Å². The standard InChI is InChI=1S/C14H13FN2O2/c15-10-5-3-9-4-6-13(16-11(9)8-10)17-7-1-2-12(17)14(18)19/h3-6,8,12H,1-2,7H2,(H,18,19)/t12-/m1/s1. The molecule has 0 radical (unpaired) electrons. The molecule has 1 saturated heterocycles. The molecule has 0 spiro atoms. The molecule has 0 unspecified atom stereocenters. The van der Waals surface area contributed by atoms with Crippen LogP contribution in [0.1, 0.15) is 12.8 Å². The van der Waals surface area contributed by atoms with Crippen LogP contribution in [-0.2, 0) is 4.79 Å². The summed E-state index contributed by atoms with van der Waals surface area (Å²) < 4.78 is 13.2. The Morgan fingerprint density at radius 2 is 2.16 bits per heavy atom. The van der Waals surface area contributed by atoms with Crippen molar-refractivity contribution in [1.29, 1.82) is 0 Å². The quantitative estimate of drug-likeness (QED) is 0.901. The summed E-state index contributed by atoms with van der Waals surface area (Å²) in [6.45, 7) is 0.671. The third-order valence-electron chi connectivity index (χ3n) is 3.47. The molecule has 1 aliphatic heterocycles. The van der Waals surface area contributed by atoms with E-state index in [0.29, 0.717) is 24.3 Å². The van der Waals surface area contributed by atoms with Gasteiger partial charge in [0.1, 0.15) is 17.7 Å². The van der Waals surface area contributed by atoms with Crippen LogP contribution in [0.5, 0.6) is 0 Å². The van der Waals surface area contributed by atoms with Gasteiger partial charge in [-0.05, 0) is 37.1 Å². The smallest absolute Gasteiger partial charge is 0.326 e. The fraction of sp³-hybridized carbons (Fsp3) is 0.286. The zero-order valence-corrected chi connectivity index (χ0v) is 10.2. The number of pyridine rings is 1. The summed E-state index contributed by atoms with van der Waals surface area (Å²) in [5.74, 6) is -0.574. The minimum absolute atomic E-state index is 0.339. The summed E-state index contributed by atoms with van der Waals surface area (Å²) in [6, 6.07) is 7.53. The topological polar surface area (TPSA) is 53.4 Å². The number of fused-ring (bicyclic) bond motifs is 1. The summed E-state index contributed by atoms with van der Waals surface area (Å²) in [5.41, 5.74) is 0.550. The Bertz CT molecular complexity index is 644. The van der Waals surface area contributed by atoms with E-state index in [-0.39, 0.29) is 5.82 Å². The largest absolute Gasteiger partial charge is 0.480 e. The van der Waals surface area contributed by atoms with Crippen molar-refractivity contribution in [2.24, 2.45) is 0 Å². The molecular formula is C14H13FN2O2. The highest BCUT2D eigenvalue weighted by Gasteiger charge is 2.31. The number of halogens is 1. The monoisotopic (exact) mass is 260 g/mol. The Labute approximate surface area is 109 Å². The zero-order valence-electron chi connectivity index (χ0n) is 10.2. The van der Waals surface area contributed by atoms with Crippen LogP contribution >= 0.6 is 0 Å². The van der Waals surface area contributed by atoms with Crippen molar-refractivity contribution in [2.75, 3.05) is 11.4 Å². The van der Waals surface area contributed by atoms with Crippen molar-refractivity contribution in [3.05, 3.63) is 36.1 Å². The Balaban J connectivity index is 2.03. The van der Waals surface area contributed by atoms with Crippen molar-refractivity contribution >= 4 is 22.7 Å². The van der Waals surface area contributed by atoms with Crippen molar-refractivity contribution in [3.8, 4) is 0 Å². The van der Waals surface area contributed by atoms with Gasteiger partial charge in [0.25, 0.3) is 0 Å².